The number of hydrogen-bond donors (Lipinski definition) is 2. The summed E-state index contributed by atoms with van der Waals surface area (Å²) in [5.41, 5.74) is 2.95. The Balaban J connectivity index is 1.75. The van der Waals surface area contributed by atoms with Crippen LogP contribution < -0.4 is 10.7 Å². The topological polar surface area (TPSA) is 70.6 Å². The average Bonchev–Trinajstić information content (AvgIpc) is 2.57. The average molecular weight is 356 g/mol. The van der Waals surface area contributed by atoms with Crippen molar-refractivity contribution in [3.05, 3.63) is 33.8 Å². The van der Waals surface area contributed by atoms with E-state index in [2.05, 4.69) is 15.8 Å². The van der Waals surface area contributed by atoms with Crippen molar-refractivity contribution < 1.29 is 9.59 Å². The molecule has 0 radical (unpaired) electrons. The van der Waals surface area contributed by atoms with E-state index >= 15 is 0 Å². The van der Waals surface area contributed by atoms with Gasteiger partial charge in [-0.05, 0) is 18.9 Å². The molecule has 2 rings (SSSR count). The monoisotopic (exact) mass is 355 g/mol. The molecule has 0 bridgehead atoms. The van der Waals surface area contributed by atoms with Crippen LogP contribution in [0, 0.1) is 5.92 Å². The van der Waals surface area contributed by atoms with Crippen LogP contribution in [-0.2, 0) is 9.59 Å². The van der Waals surface area contributed by atoms with Crippen LogP contribution in [0.2, 0.25) is 10.0 Å². The largest absolute Gasteiger partial charge is 0.347 e. The zero-order chi connectivity index (χ0) is 16.7. The van der Waals surface area contributed by atoms with Crippen LogP contribution in [0.1, 0.15) is 37.7 Å². The molecular formula is C16H19Cl2N3O2. The van der Waals surface area contributed by atoms with E-state index in [-0.39, 0.29) is 24.3 Å². The summed E-state index contributed by atoms with van der Waals surface area (Å²) in [6.07, 6.45) is 6.56. The van der Waals surface area contributed by atoms with Crippen molar-refractivity contribution in [2.24, 2.45) is 11.0 Å². The highest BCUT2D eigenvalue weighted by atomic mass is 35.5. The Kier molecular flexibility index (Phi) is 6.86. The molecule has 1 aliphatic rings. The lowest BCUT2D eigenvalue weighted by molar-refractivity contribution is -0.129. The van der Waals surface area contributed by atoms with E-state index in [0.717, 1.165) is 25.7 Å². The molecule has 0 saturated heterocycles. The zero-order valence-electron chi connectivity index (χ0n) is 12.6. The predicted molar refractivity (Wildman–Crippen MR) is 91.8 cm³/mol. The lowest BCUT2D eigenvalue weighted by atomic mass is 9.89. The molecule has 0 unspecified atom stereocenters. The predicted octanol–water partition coefficient (Wildman–Crippen LogP) is 3.14. The highest BCUT2D eigenvalue weighted by Gasteiger charge is 2.21. The number of hydrazone groups is 1. The Hall–Kier alpha value is -1.59. The number of nitrogens with zero attached hydrogens (tertiary/aromatic N) is 1. The number of halogens is 2. The van der Waals surface area contributed by atoms with Gasteiger partial charge in [-0.15, -0.1) is 0 Å². The van der Waals surface area contributed by atoms with Crippen molar-refractivity contribution in [2.45, 2.75) is 32.1 Å². The smallest absolute Gasteiger partial charge is 0.259 e. The summed E-state index contributed by atoms with van der Waals surface area (Å²) in [4.78, 5) is 23.6. The first kappa shape index (κ1) is 17.8. The molecule has 0 heterocycles. The molecule has 0 aliphatic heterocycles. The number of carbonyl (C=O) groups excluding carboxylic acids is 2. The van der Waals surface area contributed by atoms with Gasteiger partial charge in [0.15, 0.2) is 0 Å². The number of amides is 2. The van der Waals surface area contributed by atoms with Crippen molar-refractivity contribution in [3.8, 4) is 0 Å². The normalized spacial score (nSPS) is 15.6. The first-order valence-corrected chi connectivity index (χ1v) is 8.37. The molecule has 1 aliphatic carbocycles. The molecule has 1 fully saturated rings. The van der Waals surface area contributed by atoms with Gasteiger partial charge in [0, 0.05) is 11.5 Å². The van der Waals surface area contributed by atoms with Gasteiger partial charge in [-0.2, -0.15) is 5.10 Å². The van der Waals surface area contributed by atoms with Gasteiger partial charge in [-0.1, -0.05) is 54.6 Å². The molecule has 0 aromatic heterocycles. The van der Waals surface area contributed by atoms with Gasteiger partial charge in [0.2, 0.25) is 5.91 Å². The lowest BCUT2D eigenvalue weighted by Gasteiger charge is -2.20. The van der Waals surface area contributed by atoms with Crippen molar-refractivity contribution in [3.63, 3.8) is 0 Å². The van der Waals surface area contributed by atoms with Crippen LogP contribution in [0.3, 0.4) is 0 Å². The van der Waals surface area contributed by atoms with Crippen molar-refractivity contribution in [1.29, 1.82) is 0 Å². The molecule has 2 N–H and O–H groups in total. The third-order valence-corrected chi connectivity index (χ3v) is 4.61. The van der Waals surface area contributed by atoms with Crippen LogP contribution in [0.15, 0.2) is 23.3 Å². The summed E-state index contributed by atoms with van der Waals surface area (Å²) >= 11 is 11.9. The first-order valence-electron chi connectivity index (χ1n) is 7.61. The lowest BCUT2D eigenvalue weighted by Crippen LogP contribution is -2.38. The maximum absolute atomic E-state index is 11.9. The number of carbonyl (C=O) groups is 2. The van der Waals surface area contributed by atoms with Gasteiger partial charge in [-0.3, -0.25) is 9.59 Å². The van der Waals surface area contributed by atoms with Crippen molar-refractivity contribution in [1.82, 2.24) is 10.7 Å². The van der Waals surface area contributed by atoms with Crippen LogP contribution >= 0.6 is 23.2 Å². The molecule has 2 amide bonds. The fourth-order valence-corrected chi connectivity index (χ4v) is 2.87. The fourth-order valence-electron chi connectivity index (χ4n) is 2.51. The van der Waals surface area contributed by atoms with E-state index in [1.807, 2.05) is 0 Å². The Bertz CT molecular complexity index is 599. The second kappa shape index (κ2) is 8.89. The number of rotatable bonds is 5. The Morgan fingerprint density at radius 3 is 2.70 bits per heavy atom. The quantitative estimate of drug-likeness (QED) is 0.629. The third-order valence-electron chi connectivity index (χ3n) is 3.77. The van der Waals surface area contributed by atoms with Crippen molar-refractivity contribution in [2.75, 3.05) is 6.54 Å². The molecule has 0 atom stereocenters. The summed E-state index contributed by atoms with van der Waals surface area (Å²) in [5.74, 6) is -0.407. The summed E-state index contributed by atoms with van der Waals surface area (Å²) < 4.78 is 0. The minimum atomic E-state index is -0.386. The molecule has 1 aromatic rings. The standard InChI is InChI=1S/C16H19Cl2N3O2/c17-13-8-4-7-12(15(13)18)9-20-21-14(22)10-19-16(23)11-5-2-1-3-6-11/h4,7-9,11H,1-3,5-6,10H2,(H,19,23)(H,21,22)/b20-9+. The SMILES string of the molecule is O=C(CNC(=O)C1CCCCC1)N/N=C/c1cccc(Cl)c1Cl. The van der Waals surface area contributed by atoms with E-state index in [1.165, 1.54) is 12.6 Å². The van der Waals surface area contributed by atoms with Gasteiger partial charge in [0.05, 0.1) is 22.8 Å². The van der Waals surface area contributed by atoms with Crippen LogP contribution in [0.4, 0.5) is 0 Å². The molecular weight excluding hydrogens is 337 g/mol. The highest BCUT2D eigenvalue weighted by molar-refractivity contribution is 6.43. The maximum atomic E-state index is 11.9. The summed E-state index contributed by atoms with van der Waals surface area (Å²) in [5, 5.41) is 7.26. The van der Waals surface area contributed by atoms with Crippen LogP contribution in [0.5, 0.6) is 0 Å². The van der Waals surface area contributed by atoms with E-state index in [4.69, 9.17) is 23.2 Å². The Morgan fingerprint density at radius 2 is 1.96 bits per heavy atom. The summed E-state index contributed by atoms with van der Waals surface area (Å²) in [6.45, 7) is -0.0873. The minimum Gasteiger partial charge on any atom is -0.347 e. The molecule has 5 nitrogen and oxygen atoms in total. The van der Waals surface area contributed by atoms with Crippen LogP contribution in [0.25, 0.3) is 0 Å². The van der Waals surface area contributed by atoms with E-state index < -0.39 is 0 Å². The molecule has 1 aromatic carbocycles. The van der Waals surface area contributed by atoms with Gasteiger partial charge < -0.3 is 5.32 Å². The van der Waals surface area contributed by atoms with Crippen LogP contribution in [-0.4, -0.2) is 24.6 Å². The minimum absolute atomic E-state index is 0.0327. The first-order chi connectivity index (χ1) is 11.1. The van der Waals surface area contributed by atoms with E-state index in [9.17, 15) is 9.59 Å². The Labute approximate surface area is 145 Å². The van der Waals surface area contributed by atoms with Gasteiger partial charge in [0.1, 0.15) is 0 Å². The number of hydrogen-bond acceptors (Lipinski definition) is 3. The second-order valence-corrected chi connectivity index (χ2v) is 6.27. The number of benzene rings is 1. The zero-order valence-corrected chi connectivity index (χ0v) is 14.2. The second-order valence-electron chi connectivity index (χ2n) is 5.49. The fraction of sp³-hybridized carbons (Fsp3) is 0.438. The number of nitrogens with one attached hydrogen (secondary N) is 2. The Morgan fingerprint density at radius 1 is 1.22 bits per heavy atom. The summed E-state index contributed by atoms with van der Waals surface area (Å²) in [6, 6.07) is 5.14. The van der Waals surface area contributed by atoms with Gasteiger partial charge >= 0.3 is 0 Å². The van der Waals surface area contributed by atoms with Crippen molar-refractivity contribution >= 4 is 41.2 Å². The maximum Gasteiger partial charge on any atom is 0.259 e. The third kappa shape index (κ3) is 5.52. The summed E-state index contributed by atoms with van der Waals surface area (Å²) in [7, 11) is 0. The van der Waals surface area contributed by atoms with Gasteiger partial charge in [-0.25, -0.2) is 5.43 Å². The molecule has 1 saturated carbocycles. The molecule has 23 heavy (non-hydrogen) atoms. The molecule has 124 valence electrons. The van der Waals surface area contributed by atoms with Gasteiger partial charge in [0.25, 0.3) is 5.91 Å². The van der Waals surface area contributed by atoms with E-state index in [0.29, 0.717) is 15.6 Å². The highest BCUT2D eigenvalue weighted by Crippen LogP contribution is 2.24. The molecule has 7 heteroatoms. The van der Waals surface area contributed by atoms with E-state index in [1.54, 1.807) is 18.2 Å². The molecule has 0 spiro atoms.